The lowest BCUT2D eigenvalue weighted by Gasteiger charge is -2.14. The topological polar surface area (TPSA) is 27.7 Å². The molecular formula is C12H15BO3. The first kappa shape index (κ1) is 10.2. The van der Waals surface area contributed by atoms with Crippen molar-refractivity contribution in [3.63, 3.8) is 0 Å². The highest BCUT2D eigenvalue weighted by atomic mass is 16.6. The van der Waals surface area contributed by atoms with Gasteiger partial charge in [-0.05, 0) is 30.5 Å². The first-order chi connectivity index (χ1) is 7.81. The molecule has 0 amide bonds. The van der Waals surface area contributed by atoms with Crippen LogP contribution in [0.5, 0.6) is 5.75 Å². The Morgan fingerprint density at radius 3 is 3.06 bits per heavy atom. The summed E-state index contributed by atoms with van der Waals surface area (Å²) in [5.41, 5.74) is 3.65. The molecule has 1 aromatic rings. The number of hydrogen-bond donors (Lipinski definition) is 0. The molecule has 2 heterocycles. The van der Waals surface area contributed by atoms with Gasteiger partial charge in [-0.2, -0.15) is 0 Å². The highest BCUT2D eigenvalue weighted by Crippen LogP contribution is 2.34. The molecule has 2 aliphatic heterocycles. The summed E-state index contributed by atoms with van der Waals surface area (Å²) in [5.74, 6) is 0.930. The standard InChI is InChI=1S/C12H15BO3/c1-3-9-11-8(2)4-5-10-12(11)13(16-9)15-7-6-14-10/h4-5,9H,3,6-7H2,1-2H3. The third-order valence-electron chi connectivity index (χ3n) is 3.29. The van der Waals surface area contributed by atoms with Crippen LogP contribution in [0.2, 0.25) is 0 Å². The van der Waals surface area contributed by atoms with Crippen molar-refractivity contribution in [2.45, 2.75) is 26.4 Å². The highest BCUT2D eigenvalue weighted by Gasteiger charge is 2.41. The van der Waals surface area contributed by atoms with Crippen molar-refractivity contribution in [1.29, 1.82) is 0 Å². The van der Waals surface area contributed by atoms with Crippen LogP contribution in [0.15, 0.2) is 12.1 Å². The smallest absolute Gasteiger partial charge is 0.492 e. The Kier molecular flexibility index (Phi) is 2.41. The third-order valence-corrected chi connectivity index (χ3v) is 3.29. The summed E-state index contributed by atoms with van der Waals surface area (Å²) >= 11 is 0. The predicted octanol–water partition coefficient (Wildman–Crippen LogP) is 1.58. The predicted molar refractivity (Wildman–Crippen MR) is 62.1 cm³/mol. The van der Waals surface area contributed by atoms with E-state index in [2.05, 4.69) is 19.9 Å². The molecule has 0 aromatic heterocycles. The summed E-state index contributed by atoms with van der Waals surface area (Å²) in [4.78, 5) is 0. The van der Waals surface area contributed by atoms with Gasteiger partial charge in [-0.1, -0.05) is 13.0 Å². The maximum atomic E-state index is 5.92. The first-order valence-electron chi connectivity index (χ1n) is 5.84. The fraction of sp³-hybridized carbons (Fsp3) is 0.500. The van der Waals surface area contributed by atoms with E-state index in [4.69, 9.17) is 14.0 Å². The van der Waals surface area contributed by atoms with Crippen LogP contribution in [-0.2, 0) is 9.31 Å². The van der Waals surface area contributed by atoms with Crippen LogP contribution >= 0.6 is 0 Å². The van der Waals surface area contributed by atoms with Gasteiger partial charge in [0.25, 0.3) is 0 Å². The monoisotopic (exact) mass is 218 g/mol. The van der Waals surface area contributed by atoms with Gasteiger partial charge in [-0.3, -0.25) is 0 Å². The second-order valence-corrected chi connectivity index (χ2v) is 4.29. The van der Waals surface area contributed by atoms with Crippen molar-refractivity contribution in [2.75, 3.05) is 13.2 Å². The van der Waals surface area contributed by atoms with Crippen LogP contribution in [-0.4, -0.2) is 20.3 Å². The van der Waals surface area contributed by atoms with Gasteiger partial charge in [-0.25, -0.2) is 0 Å². The summed E-state index contributed by atoms with van der Waals surface area (Å²) in [6.45, 7) is 5.45. The Bertz CT molecular complexity index is 419. The van der Waals surface area contributed by atoms with E-state index >= 15 is 0 Å². The summed E-state index contributed by atoms with van der Waals surface area (Å²) in [5, 5.41) is 0. The molecule has 16 heavy (non-hydrogen) atoms. The van der Waals surface area contributed by atoms with Crippen molar-refractivity contribution in [3.05, 3.63) is 23.3 Å². The minimum absolute atomic E-state index is 0.154. The van der Waals surface area contributed by atoms with Gasteiger partial charge in [0.15, 0.2) is 0 Å². The Morgan fingerprint density at radius 1 is 1.38 bits per heavy atom. The molecule has 3 rings (SSSR count). The van der Waals surface area contributed by atoms with Crippen molar-refractivity contribution >= 4 is 12.6 Å². The summed E-state index contributed by atoms with van der Waals surface area (Å²) in [7, 11) is -0.225. The lowest BCUT2D eigenvalue weighted by molar-refractivity contribution is 0.141. The van der Waals surface area contributed by atoms with Crippen LogP contribution in [0.3, 0.4) is 0 Å². The zero-order valence-electron chi connectivity index (χ0n) is 9.66. The lowest BCUT2D eigenvalue weighted by atomic mass is 9.76. The summed E-state index contributed by atoms with van der Waals surface area (Å²) < 4.78 is 17.3. The van der Waals surface area contributed by atoms with Crippen molar-refractivity contribution in [2.24, 2.45) is 0 Å². The van der Waals surface area contributed by atoms with E-state index in [0.717, 1.165) is 17.6 Å². The fourth-order valence-corrected chi connectivity index (χ4v) is 2.54. The Labute approximate surface area is 95.8 Å². The molecule has 0 N–H and O–H groups in total. The van der Waals surface area contributed by atoms with Gasteiger partial charge in [0.2, 0.25) is 0 Å². The second-order valence-electron chi connectivity index (χ2n) is 4.29. The Balaban J connectivity index is 2.17. The minimum atomic E-state index is -0.225. The molecule has 1 atom stereocenters. The van der Waals surface area contributed by atoms with Gasteiger partial charge < -0.3 is 14.0 Å². The van der Waals surface area contributed by atoms with Gasteiger partial charge in [0, 0.05) is 5.46 Å². The first-order valence-corrected chi connectivity index (χ1v) is 5.84. The van der Waals surface area contributed by atoms with Crippen molar-refractivity contribution in [3.8, 4) is 5.75 Å². The number of hydrogen-bond acceptors (Lipinski definition) is 3. The molecule has 1 aromatic carbocycles. The third kappa shape index (κ3) is 1.37. The van der Waals surface area contributed by atoms with Gasteiger partial charge >= 0.3 is 7.12 Å². The molecule has 1 unspecified atom stereocenters. The maximum Gasteiger partial charge on any atom is 0.498 e. The molecule has 0 aliphatic carbocycles. The van der Waals surface area contributed by atoms with Gasteiger partial charge in [0.1, 0.15) is 12.4 Å². The highest BCUT2D eigenvalue weighted by molar-refractivity contribution is 6.64. The molecule has 2 aliphatic rings. The maximum absolute atomic E-state index is 5.92. The zero-order valence-corrected chi connectivity index (χ0v) is 9.66. The number of aryl methyl sites for hydroxylation is 1. The second kappa shape index (κ2) is 3.79. The number of rotatable bonds is 1. The normalized spacial score (nSPS) is 22.6. The lowest BCUT2D eigenvalue weighted by Crippen LogP contribution is -2.31. The van der Waals surface area contributed by atoms with Crippen LogP contribution in [0.1, 0.15) is 30.6 Å². The molecule has 84 valence electrons. The number of benzene rings is 1. The van der Waals surface area contributed by atoms with Gasteiger partial charge in [-0.15, -0.1) is 0 Å². The largest absolute Gasteiger partial charge is 0.498 e. The van der Waals surface area contributed by atoms with E-state index in [1.165, 1.54) is 11.1 Å². The van der Waals surface area contributed by atoms with Gasteiger partial charge in [0.05, 0.1) is 12.7 Å². The Morgan fingerprint density at radius 2 is 2.25 bits per heavy atom. The van der Waals surface area contributed by atoms with Crippen molar-refractivity contribution < 1.29 is 14.0 Å². The summed E-state index contributed by atoms with van der Waals surface area (Å²) in [6.07, 6.45) is 1.12. The molecule has 0 saturated carbocycles. The molecule has 0 radical (unpaired) electrons. The quantitative estimate of drug-likeness (QED) is 0.669. The average Bonchev–Trinajstić information content (AvgIpc) is 2.55. The molecule has 3 nitrogen and oxygen atoms in total. The van der Waals surface area contributed by atoms with E-state index in [1.807, 2.05) is 6.07 Å². The zero-order chi connectivity index (χ0) is 11.1. The average molecular weight is 218 g/mol. The van der Waals surface area contributed by atoms with Crippen LogP contribution in [0.4, 0.5) is 0 Å². The van der Waals surface area contributed by atoms with E-state index in [9.17, 15) is 0 Å². The molecule has 0 bridgehead atoms. The summed E-state index contributed by atoms with van der Waals surface area (Å²) in [6, 6.07) is 4.13. The Hall–Kier alpha value is -0.995. The van der Waals surface area contributed by atoms with E-state index in [-0.39, 0.29) is 13.2 Å². The van der Waals surface area contributed by atoms with Crippen LogP contribution in [0, 0.1) is 6.92 Å². The van der Waals surface area contributed by atoms with E-state index in [1.54, 1.807) is 0 Å². The van der Waals surface area contributed by atoms with Crippen LogP contribution < -0.4 is 10.2 Å². The molecule has 0 spiro atoms. The molecule has 4 heteroatoms. The number of ether oxygens (including phenoxy) is 1. The minimum Gasteiger partial charge on any atom is -0.492 e. The van der Waals surface area contributed by atoms with Crippen molar-refractivity contribution in [1.82, 2.24) is 0 Å². The molecular weight excluding hydrogens is 203 g/mol. The van der Waals surface area contributed by atoms with E-state index < -0.39 is 0 Å². The molecule has 0 fully saturated rings. The SMILES string of the molecule is CCC1OB2OCCOc3ccc(C)c1c32. The van der Waals surface area contributed by atoms with Crippen LogP contribution in [0.25, 0.3) is 0 Å². The fourth-order valence-electron chi connectivity index (χ4n) is 2.54. The van der Waals surface area contributed by atoms with E-state index in [0.29, 0.717) is 13.2 Å². The molecule has 0 saturated heterocycles.